The van der Waals surface area contributed by atoms with E-state index in [0.29, 0.717) is 0 Å². The molecule has 0 aromatic heterocycles. The Morgan fingerprint density at radius 2 is 2.00 bits per heavy atom. The molecule has 0 aromatic carbocycles. The molecular formula is C2H6F2LiNO2S. The number of rotatable bonds is 2. The van der Waals surface area contributed by atoms with Gasteiger partial charge >= 0.3 is 18.9 Å². The smallest absolute Gasteiger partial charge is 1.00 e. The van der Waals surface area contributed by atoms with Crippen LogP contribution >= 0.6 is 0 Å². The Kier molecular flexibility index (Phi) is 5.67. The van der Waals surface area contributed by atoms with E-state index in [1.807, 2.05) is 0 Å². The van der Waals surface area contributed by atoms with Crippen molar-refractivity contribution in [1.82, 2.24) is 0 Å². The number of alkyl halides is 2. The molecule has 0 rings (SSSR count). The molecule has 0 aromatic rings. The summed E-state index contributed by atoms with van der Waals surface area (Å²) in [6.07, 6.45) is 0. The fraction of sp³-hybridized carbons (Fsp3) is 1.00. The quantitative estimate of drug-likeness (QED) is 0.421. The third-order valence-corrected chi connectivity index (χ3v) is 1.32. The Balaban J connectivity index is -0.000000245. The number of hydrogen-bond acceptors (Lipinski definition) is 2. The zero-order valence-corrected chi connectivity index (χ0v) is 5.66. The topological polar surface area (TPSA) is 60.2 Å². The molecule has 52 valence electrons. The van der Waals surface area contributed by atoms with Crippen molar-refractivity contribution in [2.75, 3.05) is 6.67 Å². The largest absolute Gasteiger partial charge is 1.00 e. The third kappa shape index (κ3) is 4.85. The van der Waals surface area contributed by atoms with Crippen LogP contribution < -0.4 is 24.0 Å². The fourth-order valence-electron chi connectivity index (χ4n) is 0.0878. The first-order valence-electron chi connectivity index (χ1n) is 1.70. The van der Waals surface area contributed by atoms with Crippen molar-refractivity contribution in [3.05, 3.63) is 0 Å². The minimum atomic E-state index is -4.29. The van der Waals surface area contributed by atoms with Crippen molar-refractivity contribution in [1.29, 1.82) is 0 Å². The first-order chi connectivity index (χ1) is 3.48. The normalized spacial score (nSPS) is 14.1. The van der Waals surface area contributed by atoms with E-state index in [2.05, 4.69) is 5.14 Å². The molecule has 0 amide bonds. The summed E-state index contributed by atoms with van der Waals surface area (Å²) in [7, 11) is -4.29. The molecule has 0 aliphatic carbocycles. The van der Waals surface area contributed by atoms with Gasteiger partial charge in [0, 0.05) is 0 Å². The van der Waals surface area contributed by atoms with Gasteiger partial charge in [0.1, 0.15) is 6.67 Å². The van der Waals surface area contributed by atoms with Crippen molar-refractivity contribution in [2.24, 2.45) is 5.14 Å². The first-order valence-corrected chi connectivity index (χ1v) is 3.31. The Hall–Kier alpha value is 0.367. The number of hydrogen-bond donors (Lipinski definition) is 1. The van der Waals surface area contributed by atoms with Gasteiger partial charge in [0.15, 0.2) is 0 Å². The number of primary sulfonamides is 1. The second-order valence-corrected chi connectivity index (χ2v) is 2.84. The predicted molar refractivity (Wildman–Crippen MR) is 25.1 cm³/mol. The van der Waals surface area contributed by atoms with Crippen LogP contribution in [0.5, 0.6) is 0 Å². The summed E-state index contributed by atoms with van der Waals surface area (Å²) in [5, 5.41) is 4.15. The molecule has 0 heterocycles. The Morgan fingerprint density at radius 1 is 1.67 bits per heavy atom. The molecule has 0 fully saturated rings. The molecule has 0 spiro atoms. The molecule has 0 saturated heterocycles. The molecule has 2 N–H and O–H groups in total. The molecular weight excluding hydrogens is 147 g/mol. The van der Waals surface area contributed by atoms with Gasteiger partial charge in [-0.3, -0.25) is 0 Å². The Morgan fingerprint density at radius 3 is 2.00 bits per heavy atom. The van der Waals surface area contributed by atoms with E-state index in [-0.39, 0.29) is 20.3 Å². The minimum Gasteiger partial charge on any atom is -1.00 e. The molecule has 0 aliphatic rings. The minimum absolute atomic E-state index is 0. The summed E-state index contributed by atoms with van der Waals surface area (Å²) in [6.45, 7) is -1.58. The van der Waals surface area contributed by atoms with Gasteiger partial charge in [-0.15, -0.1) is 0 Å². The van der Waals surface area contributed by atoms with E-state index in [1.165, 1.54) is 0 Å². The summed E-state index contributed by atoms with van der Waals surface area (Å²) in [6, 6.07) is 0. The van der Waals surface area contributed by atoms with Crippen LogP contribution in [0.3, 0.4) is 0 Å². The number of sulfonamides is 1. The third-order valence-electron chi connectivity index (χ3n) is 0.478. The van der Waals surface area contributed by atoms with Crippen molar-refractivity contribution in [3.63, 3.8) is 0 Å². The van der Waals surface area contributed by atoms with Gasteiger partial charge in [0.2, 0.25) is 15.5 Å². The molecule has 1 atom stereocenters. The molecule has 0 aliphatic heterocycles. The zero-order chi connectivity index (χ0) is 6.78. The van der Waals surface area contributed by atoms with Crippen LogP contribution in [-0.4, -0.2) is 20.6 Å². The van der Waals surface area contributed by atoms with E-state index in [4.69, 9.17) is 0 Å². The first kappa shape index (κ1) is 12.1. The van der Waals surface area contributed by atoms with Crippen LogP contribution in [0.2, 0.25) is 0 Å². The monoisotopic (exact) mass is 153 g/mol. The van der Waals surface area contributed by atoms with Crippen LogP contribution in [-0.2, 0) is 10.0 Å². The van der Waals surface area contributed by atoms with E-state index in [1.54, 1.807) is 0 Å². The average Bonchev–Trinajstić information content (AvgIpc) is 1.62. The summed E-state index contributed by atoms with van der Waals surface area (Å²) in [5.74, 6) is 0. The maximum atomic E-state index is 11.6. The average molecular weight is 153 g/mol. The SMILES string of the molecule is NS(=O)(=O)C(F)CF.[H-].[Li+]. The van der Waals surface area contributed by atoms with E-state index in [0.717, 1.165) is 0 Å². The van der Waals surface area contributed by atoms with Gasteiger partial charge in [-0.2, -0.15) is 0 Å². The molecule has 3 nitrogen and oxygen atoms in total. The van der Waals surface area contributed by atoms with E-state index in [9.17, 15) is 17.2 Å². The van der Waals surface area contributed by atoms with Crippen LogP contribution in [0.1, 0.15) is 1.43 Å². The molecule has 1 unspecified atom stereocenters. The second-order valence-electron chi connectivity index (χ2n) is 1.15. The van der Waals surface area contributed by atoms with Gasteiger partial charge < -0.3 is 1.43 Å². The number of nitrogens with two attached hydrogens (primary N) is 1. The van der Waals surface area contributed by atoms with Gasteiger partial charge in [-0.05, 0) is 0 Å². The van der Waals surface area contributed by atoms with Crippen molar-refractivity contribution in [3.8, 4) is 0 Å². The summed E-state index contributed by atoms with van der Waals surface area (Å²) < 4.78 is 42.0. The molecule has 9 heavy (non-hydrogen) atoms. The van der Waals surface area contributed by atoms with Crippen molar-refractivity contribution < 1.29 is 37.5 Å². The van der Waals surface area contributed by atoms with Crippen LogP contribution in [0.15, 0.2) is 0 Å². The van der Waals surface area contributed by atoms with Crippen molar-refractivity contribution in [2.45, 2.75) is 5.50 Å². The maximum absolute atomic E-state index is 11.6. The molecule has 0 radical (unpaired) electrons. The van der Waals surface area contributed by atoms with E-state index < -0.39 is 22.2 Å². The Bertz CT molecular complexity index is 163. The fourth-order valence-corrected chi connectivity index (χ4v) is 0.263. The Labute approximate surface area is 65.3 Å². The van der Waals surface area contributed by atoms with Crippen LogP contribution in [0.4, 0.5) is 8.78 Å². The van der Waals surface area contributed by atoms with E-state index >= 15 is 0 Å². The molecule has 0 saturated carbocycles. The summed E-state index contributed by atoms with van der Waals surface area (Å²) >= 11 is 0. The van der Waals surface area contributed by atoms with Crippen molar-refractivity contribution >= 4 is 10.0 Å². The van der Waals surface area contributed by atoms with Gasteiger partial charge in [0.25, 0.3) is 0 Å². The number of halogens is 2. The summed E-state index contributed by atoms with van der Waals surface area (Å²) in [4.78, 5) is 0. The summed E-state index contributed by atoms with van der Waals surface area (Å²) in [5.41, 5.74) is -2.57. The zero-order valence-electron chi connectivity index (χ0n) is 5.84. The van der Waals surface area contributed by atoms with Gasteiger partial charge in [0.05, 0.1) is 0 Å². The maximum Gasteiger partial charge on any atom is 1.00 e. The van der Waals surface area contributed by atoms with Gasteiger partial charge in [-0.1, -0.05) is 0 Å². The van der Waals surface area contributed by atoms with Crippen LogP contribution in [0, 0.1) is 0 Å². The molecule has 7 heteroatoms. The standard InChI is InChI=1S/C2H5F2NO2S.Li.H/c3-1-2(4)8(5,6)7;;/h2H,1H2,(H2,5,6,7);;/q;+1;-1. The van der Waals surface area contributed by atoms with Crippen LogP contribution in [0.25, 0.3) is 0 Å². The predicted octanol–water partition coefficient (Wildman–Crippen LogP) is -3.34. The molecule has 0 bridgehead atoms. The second kappa shape index (κ2) is 4.23. The van der Waals surface area contributed by atoms with Gasteiger partial charge in [-0.25, -0.2) is 22.3 Å².